The fourth-order valence-corrected chi connectivity index (χ4v) is 1.51. The summed E-state index contributed by atoms with van der Waals surface area (Å²) in [4.78, 5) is 4.04. The normalized spacial score (nSPS) is 10.1. The Morgan fingerprint density at radius 2 is 2.17 bits per heavy atom. The van der Waals surface area contributed by atoms with Crippen molar-refractivity contribution in [2.45, 2.75) is 6.61 Å². The molecule has 1 heterocycles. The molecule has 0 fully saturated rings. The third kappa shape index (κ3) is 2.68. The average Bonchev–Trinajstić information content (AvgIpc) is 2.40. The van der Waals surface area contributed by atoms with Crippen LogP contribution in [0.4, 0.5) is 10.1 Å². The maximum Gasteiger partial charge on any atom is 0.219 e. The summed E-state index contributed by atoms with van der Waals surface area (Å²) in [5.74, 6) is 0.394. The Kier molecular flexibility index (Phi) is 3.62. The number of hydrogen-bond acceptors (Lipinski definition) is 4. The smallest absolute Gasteiger partial charge is 0.219 e. The number of nitrogens with zero attached hydrogens (tertiary/aromatic N) is 1. The van der Waals surface area contributed by atoms with Crippen LogP contribution >= 0.6 is 0 Å². The van der Waals surface area contributed by atoms with Crippen molar-refractivity contribution in [3.63, 3.8) is 0 Å². The zero-order valence-corrected chi connectivity index (χ0v) is 9.89. The Hall–Kier alpha value is -2.30. The molecule has 0 radical (unpaired) electrons. The van der Waals surface area contributed by atoms with Crippen molar-refractivity contribution in [3.05, 3.63) is 47.9 Å². The van der Waals surface area contributed by atoms with Gasteiger partial charge in [0.25, 0.3) is 0 Å². The van der Waals surface area contributed by atoms with Crippen LogP contribution in [0.25, 0.3) is 0 Å². The first kappa shape index (κ1) is 12.2. The summed E-state index contributed by atoms with van der Waals surface area (Å²) in [5, 5.41) is 0. The summed E-state index contributed by atoms with van der Waals surface area (Å²) < 4.78 is 23.6. The van der Waals surface area contributed by atoms with Gasteiger partial charge in [0.2, 0.25) is 5.88 Å². The lowest BCUT2D eigenvalue weighted by molar-refractivity contribution is 0.294. The van der Waals surface area contributed by atoms with Crippen molar-refractivity contribution in [2.24, 2.45) is 0 Å². The van der Waals surface area contributed by atoms with Crippen LogP contribution in [0.15, 0.2) is 36.5 Å². The van der Waals surface area contributed by atoms with E-state index in [4.69, 9.17) is 15.2 Å². The zero-order valence-electron chi connectivity index (χ0n) is 9.89. The highest BCUT2D eigenvalue weighted by molar-refractivity contribution is 5.52. The summed E-state index contributed by atoms with van der Waals surface area (Å²) in [5.41, 5.74) is 6.84. The van der Waals surface area contributed by atoms with Crippen LogP contribution in [0.1, 0.15) is 5.56 Å². The number of ether oxygens (including phenoxy) is 2. The Labute approximate surface area is 104 Å². The summed E-state index contributed by atoms with van der Waals surface area (Å²) in [6.07, 6.45) is 1.62. The summed E-state index contributed by atoms with van der Waals surface area (Å²) in [6, 6.07) is 7.59. The second kappa shape index (κ2) is 5.35. The molecule has 0 saturated carbocycles. The molecule has 1 aromatic heterocycles. The average molecular weight is 248 g/mol. The van der Waals surface area contributed by atoms with Gasteiger partial charge < -0.3 is 15.2 Å². The highest BCUT2D eigenvalue weighted by atomic mass is 19.1. The van der Waals surface area contributed by atoms with Crippen molar-refractivity contribution < 1.29 is 13.9 Å². The summed E-state index contributed by atoms with van der Waals surface area (Å²) in [6.45, 7) is 0.213. The molecule has 2 aromatic rings. The number of methoxy groups -OCH3 is 1. The molecule has 0 amide bonds. The molecule has 0 bridgehead atoms. The number of hydrogen-bond donors (Lipinski definition) is 1. The molecular formula is C13H13FN2O2. The number of nitrogen functional groups attached to an aromatic ring is 1. The van der Waals surface area contributed by atoms with E-state index in [1.807, 2.05) is 6.07 Å². The van der Waals surface area contributed by atoms with Gasteiger partial charge in [-0.3, -0.25) is 0 Å². The standard InChI is InChI=1S/C13H13FN2O2/c1-17-13-9(3-2-6-16-13)8-18-12-7-10(14)4-5-11(12)15/h2-7H,8,15H2,1H3. The van der Waals surface area contributed by atoms with E-state index in [9.17, 15) is 4.39 Å². The fourth-order valence-electron chi connectivity index (χ4n) is 1.51. The summed E-state index contributed by atoms with van der Waals surface area (Å²) >= 11 is 0. The van der Waals surface area contributed by atoms with Crippen molar-refractivity contribution >= 4 is 5.69 Å². The van der Waals surface area contributed by atoms with Crippen LogP contribution in [-0.4, -0.2) is 12.1 Å². The molecule has 1 aromatic carbocycles. The third-order valence-electron chi connectivity index (χ3n) is 2.40. The molecule has 5 heteroatoms. The molecule has 2 N–H and O–H groups in total. The number of halogens is 1. The number of aromatic nitrogens is 1. The lowest BCUT2D eigenvalue weighted by Gasteiger charge is -2.10. The third-order valence-corrected chi connectivity index (χ3v) is 2.40. The molecule has 4 nitrogen and oxygen atoms in total. The van der Waals surface area contributed by atoms with Gasteiger partial charge in [0, 0.05) is 12.3 Å². The Morgan fingerprint density at radius 1 is 1.33 bits per heavy atom. The largest absolute Gasteiger partial charge is 0.486 e. The number of rotatable bonds is 4. The van der Waals surface area contributed by atoms with E-state index in [1.54, 1.807) is 12.3 Å². The van der Waals surface area contributed by atoms with E-state index in [-0.39, 0.29) is 6.61 Å². The van der Waals surface area contributed by atoms with Gasteiger partial charge in [-0.2, -0.15) is 0 Å². The SMILES string of the molecule is COc1ncccc1COc1cc(F)ccc1N. The molecule has 2 rings (SSSR count). The molecule has 94 valence electrons. The Balaban J connectivity index is 2.14. The zero-order chi connectivity index (χ0) is 13.0. The van der Waals surface area contributed by atoms with Crippen molar-refractivity contribution in [1.29, 1.82) is 0 Å². The van der Waals surface area contributed by atoms with Gasteiger partial charge in [-0.05, 0) is 24.3 Å². The number of pyridine rings is 1. The van der Waals surface area contributed by atoms with Crippen molar-refractivity contribution in [3.8, 4) is 11.6 Å². The number of benzene rings is 1. The van der Waals surface area contributed by atoms with Crippen LogP contribution in [0.5, 0.6) is 11.6 Å². The Morgan fingerprint density at radius 3 is 2.94 bits per heavy atom. The van der Waals surface area contributed by atoms with Gasteiger partial charge in [-0.25, -0.2) is 9.37 Å². The Bertz CT molecular complexity index is 546. The molecule has 18 heavy (non-hydrogen) atoms. The van der Waals surface area contributed by atoms with E-state index >= 15 is 0 Å². The van der Waals surface area contributed by atoms with E-state index in [0.717, 1.165) is 5.56 Å². The second-order valence-corrected chi connectivity index (χ2v) is 3.64. The minimum atomic E-state index is -0.391. The fraction of sp³-hybridized carbons (Fsp3) is 0.154. The molecule has 0 spiro atoms. The van der Waals surface area contributed by atoms with Gasteiger partial charge >= 0.3 is 0 Å². The molecule has 0 aliphatic heterocycles. The van der Waals surface area contributed by atoms with E-state index < -0.39 is 5.82 Å². The molecule has 0 unspecified atom stereocenters. The van der Waals surface area contributed by atoms with E-state index in [2.05, 4.69) is 4.98 Å². The predicted octanol–water partition coefficient (Wildman–Crippen LogP) is 2.39. The van der Waals surface area contributed by atoms with Crippen molar-refractivity contribution in [2.75, 3.05) is 12.8 Å². The van der Waals surface area contributed by atoms with E-state index in [1.165, 1.54) is 25.3 Å². The first-order valence-electron chi connectivity index (χ1n) is 5.36. The topological polar surface area (TPSA) is 57.4 Å². The highest BCUT2D eigenvalue weighted by Crippen LogP contribution is 2.24. The molecule has 0 saturated heterocycles. The minimum absolute atomic E-state index is 0.213. The maximum atomic E-state index is 13.0. The molecular weight excluding hydrogens is 235 g/mol. The van der Waals surface area contributed by atoms with Crippen LogP contribution in [-0.2, 0) is 6.61 Å². The van der Waals surface area contributed by atoms with Gasteiger partial charge in [0.15, 0.2) is 0 Å². The highest BCUT2D eigenvalue weighted by Gasteiger charge is 2.06. The predicted molar refractivity (Wildman–Crippen MR) is 65.9 cm³/mol. The molecule has 0 aliphatic carbocycles. The first-order chi connectivity index (χ1) is 8.70. The minimum Gasteiger partial charge on any atom is -0.486 e. The molecule has 0 atom stereocenters. The van der Waals surface area contributed by atoms with Gasteiger partial charge in [0.1, 0.15) is 18.2 Å². The van der Waals surface area contributed by atoms with Crippen molar-refractivity contribution in [1.82, 2.24) is 4.98 Å². The number of anilines is 1. The number of nitrogens with two attached hydrogens (primary N) is 1. The maximum absolute atomic E-state index is 13.0. The molecule has 0 aliphatic rings. The van der Waals surface area contributed by atoms with Gasteiger partial charge in [-0.1, -0.05) is 0 Å². The van der Waals surface area contributed by atoms with Crippen LogP contribution in [0.2, 0.25) is 0 Å². The van der Waals surface area contributed by atoms with E-state index in [0.29, 0.717) is 17.3 Å². The lowest BCUT2D eigenvalue weighted by Crippen LogP contribution is -2.02. The monoisotopic (exact) mass is 248 g/mol. The van der Waals surface area contributed by atoms with Crippen LogP contribution in [0.3, 0.4) is 0 Å². The van der Waals surface area contributed by atoms with Crippen LogP contribution in [0, 0.1) is 5.82 Å². The van der Waals surface area contributed by atoms with Crippen LogP contribution < -0.4 is 15.2 Å². The van der Waals surface area contributed by atoms with Gasteiger partial charge in [-0.15, -0.1) is 0 Å². The quantitative estimate of drug-likeness (QED) is 0.844. The second-order valence-electron chi connectivity index (χ2n) is 3.64. The van der Waals surface area contributed by atoms with Gasteiger partial charge in [0.05, 0.1) is 18.4 Å². The summed E-state index contributed by atoms with van der Waals surface area (Å²) in [7, 11) is 1.53. The first-order valence-corrected chi connectivity index (χ1v) is 5.36. The lowest BCUT2D eigenvalue weighted by atomic mass is 10.2.